The van der Waals surface area contributed by atoms with Gasteiger partial charge in [0.25, 0.3) is 0 Å². The minimum Gasteiger partial charge on any atom is -0.462 e. The van der Waals surface area contributed by atoms with E-state index >= 15 is 0 Å². The summed E-state index contributed by atoms with van der Waals surface area (Å²) in [5.74, 6) is 0.0547. The van der Waals surface area contributed by atoms with Crippen molar-refractivity contribution in [1.29, 1.82) is 0 Å². The van der Waals surface area contributed by atoms with Crippen molar-refractivity contribution in [3.63, 3.8) is 0 Å². The van der Waals surface area contributed by atoms with Gasteiger partial charge in [-0.1, -0.05) is 272 Å². The maximum atomic E-state index is 12.8. The van der Waals surface area contributed by atoms with Gasteiger partial charge in [0.2, 0.25) is 0 Å². The number of ether oxygens (including phenoxy) is 3. The van der Waals surface area contributed by atoms with Crippen LogP contribution in [0.15, 0.2) is 0 Å². The van der Waals surface area contributed by atoms with E-state index in [0.717, 1.165) is 63.7 Å². The van der Waals surface area contributed by atoms with Crippen molar-refractivity contribution in [3.05, 3.63) is 0 Å². The average molecular weight is 863 g/mol. The number of carbonyl (C=O) groups excluding carboxylic acids is 3. The topological polar surface area (TPSA) is 78.9 Å². The van der Waals surface area contributed by atoms with Crippen molar-refractivity contribution in [3.8, 4) is 0 Å². The Hall–Kier alpha value is -1.59. The molecule has 0 aromatic carbocycles. The molecule has 0 fully saturated rings. The molecule has 0 aromatic heterocycles. The van der Waals surface area contributed by atoms with Gasteiger partial charge in [-0.25, -0.2) is 0 Å². The second-order valence-electron chi connectivity index (χ2n) is 19.1. The van der Waals surface area contributed by atoms with Gasteiger partial charge in [0.05, 0.1) is 0 Å². The second-order valence-corrected chi connectivity index (χ2v) is 19.1. The molecule has 0 bridgehead atoms. The van der Waals surface area contributed by atoms with E-state index in [-0.39, 0.29) is 31.1 Å². The van der Waals surface area contributed by atoms with E-state index in [4.69, 9.17) is 14.2 Å². The molecule has 0 spiro atoms. The highest BCUT2D eigenvalue weighted by atomic mass is 16.6. The Morgan fingerprint density at radius 3 is 0.852 bits per heavy atom. The summed E-state index contributed by atoms with van der Waals surface area (Å²) in [6.07, 6.45) is 52.2. The molecule has 0 N–H and O–H groups in total. The van der Waals surface area contributed by atoms with Crippen LogP contribution >= 0.6 is 0 Å². The summed E-state index contributed by atoms with van der Waals surface area (Å²) in [7, 11) is 0. The monoisotopic (exact) mass is 863 g/mol. The van der Waals surface area contributed by atoms with Gasteiger partial charge in [0.1, 0.15) is 13.2 Å². The van der Waals surface area contributed by atoms with E-state index < -0.39 is 6.10 Å². The maximum absolute atomic E-state index is 12.8. The Balaban J connectivity index is 4.25. The Morgan fingerprint density at radius 1 is 0.328 bits per heavy atom. The third-order valence-corrected chi connectivity index (χ3v) is 12.9. The number of rotatable bonds is 50. The first-order chi connectivity index (χ1) is 29.9. The number of unbranched alkanes of at least 4 members (excludes halogenated alkanes) is 36. The van der Waals surface area contributed by atoms with Crippen LogP contribution < -0.4 is 0 Å². The van der Waals surface area contributed by atoms with Crippen LogP contribution in [0.1, 0.15) is 310 Å². The summed E-state index contributed by atoms with van der Waals surface area (Å²) in [6.45, 7) is 9.07. The van der Waals surface area contributed by atoms with Crippen LogP contribution in [0.4, 0.5) is 0 Å². The largest absolute Gasteiger partial charge is 0.462 e. The molecule has 0 amide bonds. The van der Waals surface area contributed by atoms with Gasteiger partial charge in [-0.3, -0.25) is 14.4 Å². The Kier molecular flexibility index (Phi) is 48.1. The smallest absolute Gasteiger partial charge is 0.306 e. The lowest BCUT2D eigenvalue weighted by molar-refractivity contribution is -0.167. The van der Waals surface area contributed by atoms with Gasteiger partial charge >= 0.3 is 17.9 Å². The first-order valence-electron chi connectivity index (χ1n) is 27.4. The summed E-state index contributed by atoms with van der Waals surface area (Å²) in [5, 5.41) is 0. The number of hydrogen-bond donors (Lipinski definition) is 0. The zero-order valence-corrected chi connectivity index (χ0v) is 41.6. The highest BCUT2D eigenvalue weighted by molar-refractivity contribution is 5.71. The van der Waals surface area contributed by atoms with E-state index in [1.165, 1.54) is 205 Å². The fourth-order valence-electron chi connectivity index (χ4n) is 8.36. The molecule has 0 saturated carbocycles. The molecule has 0 saturated heterocycles. The third-order valence-electron chi connectivity index (χ3n) is 12.9. The first-order valence-corrected chi connectivity index (χ1v) is 27.4. The molecule has 6 heteroatoms. The standard InChI is InChI=1S/C55H106O6/c1-5-8-10-12-14-16-18-19-20-25-28-32-36-40-44-48-55(58)61-52(49-59-53(56)46-42-38-34-30-17-15-13-11-9-6-2)50-60-54(57)47-43-39-35-31-27-24-22-21-23-26-29-33-37-41-45-51(4)7-3/h51-52H,5-50H2,1-4H3/t51?,52-/m1/s1. The van der Waals surface area contributed by atoms with E-state index in [2.05, 4.69) is 27.7 Å². The van der Waals surface area contributed by atoms with E-state index in [0.29, 0.717) is 19.3 Å². The summed E-state index contributed by atoms with van der Waals surface area (Å²) in [6, 6.07) is 0. The molecule has 61 heavy (non-hydrogen) atoms. The molecule has 0 heterocycles. The van der Waals surface area contributed by atoms with Crippen LogP contribution in [0.5, 0.6) is 0 Å². The molecule has 6 nitrogen and oxygen atoms in total. The molecule has 0 aliphatic carbocycles. The van der Waals surface area contributed by atoms with Crippen molar-refractivity contribution < 1.29 is 28.6 Å². The number of esters is 3. The normalized spacial score (nSPS) is 12.4. The molecule has 0 aliphatic heterocycles. The van der Waals surface area contributed by atoms with Crippen molar-refractivity contribution in [2.45, 2.75) is 316 Å². The Labute approximate surface area is 380 Å². The second kappa shape index (κ2) is 49.4. The molecule has 0 radical (unpaired) electrons. The van der Waals surface area contributed by atoms with Crippen LogP contribution in [-0.2, 0) is 28.6 Å². The van der Waals surface area contributed by atoms with E-state index in [1.54, 1.807) is 0 Å². The maximum Gasteiger partial charge on any atom is 0.306 e. The summed E-state index contributed by atoms with van der Waals surface area (Å²) < 4.78 is 16.8. The summed E-state index contributed by atoms with van der Waals surface area (Å²) in [4.78, 5) is 38.0. The Morgan fingerprint density at radius 2 is 0.574 bits per heavy atom. The lowest BCUT2D eigenvalue weighted by Crippen LogP contribution is -2.30. The van der Waals surface area contributed by atoms with Crippen molar-refractivity contribution in [1.82, 2.24) is 0 Å². The average Bonchev–Trinajstić information content (AvgIpc) is 3.26. The number of carbonyl (C=O) groups is 3. The molecular formula is C55H106O6. The minimum absolute atomic E-state index is 0.0623. The van der Waals surface area contributed by atoms with Gasteiger partial charge in [0, 0.05) is 19.3 Å². The van der Waals surface area contributed by atoms with Gasteiger partial charge in [-0.2, -0.15) is 0 Å². The van der Waals surface area contributed by atoms with Crippen LogP contribution in [0.3, 0.4) is 0 Å². The fourth-order valence-corrected chi connectivity index (χ4v) is 8.36. The molecule has 0 aliphatic rings. The molecule has 0 aromatic rings. The molecular weight excluding hydrogens is 757 g/mol. The van der Waals surface area contributed by atoms with Gasteiger partial charge in [-0.15, -0.1) is 0 Å². The zero-order valence-electron chi connectivity index (χ0n) is 41.6. The lowest BCUT2D eigenvalue weighted by Gasteiger charge is -2.18. The summed E-state index contributed by atoms with van der Waals surface area (Å²) in [5.41, 5.74) is 0. The minimum atomic E-state index is -0.760. The van der Waals surface area contributed by atoms with Crippen LogP contribution in [0, 0.1) is 5.92 Å². The first kappa shape index (κ1) is 59.4. The van der Waals surface area contributed by atoms with Crippen molar-refractivity contribution in [2.75, 3.05) is 13.2 Å². The quantitative estimate of drug-likeness (QED) is 0.0344. The molecule has 362 valence electrons. The lowest BCUT2D eigenvalue weighted by atomic mass is 9.99. The van der Waals surface area contributed by atoms with Crippen LogP contribution in [0.25, 0.3) is 0 Å². The molecule has 1 unspecified atom stereocenters. The van der Waals surface area contributed by atoms with E-state index in [1.807, 2.05) is 0 Å². The highest BCUT2D eigenvalue weighted by Crippen LogP contribution is 2.18. The van der Waals surface area contributed by atoms with Gasteiger partial charge in [0.15, 0.2) is 6.10 Å². The molecule has 2 atom stereocenters. The zero-order chi connectivity index (χ0) is 44.5. The Bertz CT molecular complexity index is 920. The van der Waals surface area contributed by atoms with Crippen LogP contribution in [-0.4, -0.2) is 37.2 Å². The highest BCUT2D eigenvalue weighted by Gasteiger charge is 2.19. The number of hydrogen-bond acceptors (Lipinski definition) is 6. The predicted molar refractivity (Wildman–Crippen MR) is 261 cm³/mol. The van der Waals surface area contributed by atoms with Gasteiger partial charge in [-0.05, 0) is 25.2 Å². The van der Waals surface area contributed by atoms with Crippen LogP contribution in [0.2, 0.25) is 0 Å². The van der Waals surface area contributed by atoms with Crippen molar-refractivity contribution in [2.24, 2.45) is 5.92 Å². The fraction of sp³-hybridized carbons (Fsp3) is 0.945. The molecule has 0 rings (SSSR count). The third kappa shape index (κ3) is 47.7. The van der Waals surface area contributed by atoms with E-state index in [9.17, 15) is 14.4 Å². The summed E-state index contributed by atoms with van der Waals surface area (Å²) >= 11 is 0. The van der Waals surface area contributed by atoms with Crippen molar-refractivity contribution >= 4 is 17.9 Å². The van der Waals surface area contributed by atoms with Gasteiger partial charge < -0.3 is 14.2 Å². The SMILES string of the molecule is CCCCCCCCCCCCCCCCCC(=O)O[C@H](COC(=O)CCCCCCCCCCCC)COC(=O)CCCCCCCCCCCCCCCCC(C)CC. The predicted octanol–water partition coefficient (Wildman–Crippen LogP) is 17.8.